The monoisotopic (exact) mass is 915 g/mol. The molecule has 22 heteroatoms. The molecule has 1 aliphatic heterocycles. The number of nitrogens with two attached hydrogens (primary N) is 1. The second kappa shape index (κ2) is 20.2. The van der Waals surface area contributed by atoms with Crippen LogP contribution in [0, 0.1) is 0 Å². The number of fused-ring (bicyclic) bond motifs is 1. The number of piperidine rings is 1. The second-order valence-corrected chi connectivity index (χ2v) is 15.8. The SMILES string of the molecule is CN(CCCCOCCCCc1ccc2c(c1)n(C)c(=O)n2C1CCC(=O)NC1O)C(=O)c1ccc(-n2cc(NC(=O)c3coc(-c4ccnc(NCC(F)(F)F)c4)n3)c(C(N)=O)n2)cc1. The van der Waals surface area contributed by atoms with Gasteiger partial charge in [0.1, 0.15) is 24.9 Å². The van der Waals surface area contributed by atoms with E-state index in [2.05, 4.69) is 31.0 Å². The summed E-state index contributed by atoms with van der Waals surface area (Å²) < 4.78 is 53.6. The first-order valence-corrected chi connectivity index (χ1v) is 21.1. The number of imidazole rings is 1. The molecule has 66 heavy (non-hydrogen) atoms. The lowest BCUT2D eigenvalue weighted by Gasteiger charge is -2.29. The molecule has 4 amide bonds. The normalized spacial score (nSPS) is 15.2. The maximum atomic E-state index is 13.2. The van der Waals surface area contributed by atoms with Crippen LogP contribution in [0.4, 0.5) is 24.7 Å². The Morgan fingerprint density at radius 1 is 1.03 bits per heavy atom. The lowest BCUT2D eigenvalue weighted by Crippen LogP contribution is -2.47. The molecule has 6 N–H and O–H groups in total. The number of aromatic nitrogens is 6. The standard InChI is InChI=1S/C44H48F3N11O8/c1-55(18-4-6-20-65-19-5-3-7-26-8-13-32-34(21-26)56(2)43(64)58(32)33-14-15-36(59)53-40(33)62)42(63)27-9-11-29(12-10-27)57-23-30(37(54-57)38(48)60)51-39(61)31-24-66-41(52-31)28-16-17-49-35(22-28)50-25-44(45,46)47/h8-13,16-17,21-24,33,40,62H,3-7,14-15,18-20,25H2,1-2H3,(H2,48,60)(H,49,50)(H,51,61)(H,53,59). The molecule has 0 bridgehead atoms. The summed E-state index contributed by atoms with van der Waals surface area (Å²) in [6.07, 6.45) is 2.72. The lowest BCUT2D eigenvalue weighted by atomic mass is 10.0. The first-order valence-electron chi connectivity index (χ1n) is 21.1. The molecule has 2 unspecified atom stereocenters. The van der Waals surface area contributed by atoms with Crippen LogP contribution in [0.25, 0.3) is 28.2 Å². The van der Waals surface area contributed by atoms with Crippen LogP contribution < -0.4 is 27.4 Å². The van der Waals surface area contributed by atoms with Crippen molar-refractivity contribution in [2.75, 3.05) is 44.0 Å². The number of pyridine rings is 1. The van der Waals surface area contributed by atoms with E-state index in [1.165, 1.54) is 29.2 Å². The van der Waals surface area contributed by atoms with Gasteiger partial charge < -0.3 is 40.8 Å². The Balaban J connectivity index is 0.832. The summed E-state index contributed by atoms with van der Waals surface area (Å²) in [7, 11) is 3.41. The number of oxazole rings is 1. The van der Waals surface area contributed by atoms with E-state index in [1.54, 1.807) is 52.4 Å². The molecule has 1 fully saturated rings. The Morgan fingerprint density at radius 2 is 1.79 bits per heavy atom. The molecule has 1 saturated heterocycles. The quantitative estimate of drug-likeness (QED) is 0.0702. The summed E-state index contributed by atoms with van der Waals surface area (Å²) in [5.41, 5.74) is 8.53. The number of unbranched alkanes of at least 4 members (excludes halogenated alkanes) is 2. The Labute approximate surface area is 374 Å². The smallest absolute Gasteiger partial charge is 0.405 e. The number of anilines is 2. The lowest BCUT2D eigenvalue weighted by molar-refractivity contribution is -0.128. The summed E-state index contributed by atoms with van der Waals surface area (Å²) in [6.45, 7) is 0.341. The summed E-state index contributed by atoms with van der Waals surface area (Å²) in [5, 5.41) is 21.9. The molecule has 5 heterocycles. The molecule has 348 valence electrons. The van der Waals surface area contributed by atoms with Gasteiger partial charge in [0.25, 0.3) is 17.7 Å². The highest BCUT2D eigenvalue weighted by Gasteiger charge is 2.32. The van der Waals surface area contributed by atoms with Crippen LogP contribution in [-0.2, 0) is 23.0 Å². The predicted octanol–water partition coefficient (Wildman–Crippen LogP) is 4.56. The average molecular weight is 916 g/mol. The van der Waals surface area contributed by atoms with E-state index < -0.39 is 36.8 Å². The molecule has 0 spiro atoms. The number of aliphatic hydroxyl groups excluding tert-OH is 1. The number of alkyl halides is 3. The van der Waals surface area contributed by atoms with E-state index in [-0.39, 0.29) is 58.3 Å². The highest BCUT2D eigenvalue weighted by Crippen LogP contribution is 2.27. The van der Waals surface area contributed by atoms with E-state index in [9.17, 15) is 42.3 Å². The Hall–Kier alpha value is -7.33. The molecule has 0 radical (unpaired) electrons. The highest BCUT2D eigenvalue weighted by molar-refractivity contribution is 6.07. The molecule has 0 aliphatic carbocycles. The van der Waals surface area contributed by atoms with Crippen molar-refractivity contribution in [3.63, 3.8) is 0 Å². The summed E-state index contributed by atoms with van der Waals surface area (Å²) in [5.74, 6) is -2.28. The fourth-order valence-corrected chi connectivity index (χ4v) is 7.52. The minimum atomic E-state index is -4.46. The molecule has 4 aromatic heterocycles. The number of aryl methyl sites for hydroxylation is 2. The van der Waals surface area contributed by atoms with Gasteiger partial charge in [-0.3, -0.25) is 28.3 Å². The van der Waals surface area contributed by atoms with Crippen molar-refractivity contribution in [1.29, 1.82) is 0 Å². The number of amides is 4. The fourth-order valence-electron chi connectivity index (χ4n) is 7.52. The first kappa shape index (κ1) is 46.7. The molecule has 7 rings (SSSR count). The number of primary amides is 1. The number of ether oxygens (including phenoxy) is 1. The van der Waals surface area contributed by atoms with Crippen LogP contribution in [0.5, 0.6) is 0 Å². The Kier molecular flexibility index (Phi) is 14.3. The third kappa shape index (κ3) is 11.1. The third-order valence-electron chi connectivity index (χ3n) is 11.0. The van der Waals surface area contributed by atoms with Gasteiger partial charge in [-0.15, -0.1) is 0 Å². The number of benzene rings is 2. The van der Waals surface area contributed by atoms with Crippen LogP contribution in [-0.4, -0.2) is 108 Å². The average Bonchev–Trinajstić information content (AvgIpc) is 4.02. The van der Waals surface area contributed by atoms with Gasteiger partial charge >= 0.3 is 11.9 Å². The molecule has 2 atom stereocenters. The van der Waals surface area contributed by atoms with Crippen molar-refractivity contribution in [3.8, 4) is 17.1 Å². The Bertz CT molecular complexity index is 2780. The van der Waals surface area contributed by atoms with Crippen LogP contribution >= 0.6 is 0 Å². The number of nitrogens with zero attached hydrogens (tertiary/aromatic N) is 7. The molecule has 6 aromatic rings. The van der Waals surface area contributed by atoms with Crippen LogP contribution in [0.15, 0.2) is 82.5 Å². The number of carbonyl (C=O) groups is 4. The summed E-state index contributed by atoms with van der Waals surface area (Å²) in [4.78, 5) is 72.9. The van der Waals surface area contributed by atoms with Crippen molar-refractivity contribution >= 4 is 46.2 Å². The predicted molar refractivity (Wildman–Crippen MR) is 234 cm³/mol. The first-order chi connectivity index (χ1) is 31.6. The van der Waals surface area contributed by atoms with Gasteiger partial charge in [-0.1, -0.05) is 6.07 Å². The van der Waals surface area contributed by atoms with E-state index >= 15 is 0 Å². The van der Waals surface area contributed by atoms with Crippen molar-refractivity contribution in [2.45, 2.75) is 63.4 Å². The number of carbonyl (C=O) groups excluding carboxylic acids is 4. The van der Waals surface area contributed by atoms with E-state index in [1.807, 2.05) is 18.2 Å². The van der Waals surface area contributed by atoms with Gasteiger partial charge in [-0.2, -0.15) is 18.3 Å². The molecular weight excluding hydrogens is 868 g/mol. The number of hydrogen-bond donors (Lipinski definition) is 5. The van der Waals surface area contributed by atoms with Gasteiger partial charge in [0.2, 0.25) is 11.8 Å². The van der Waals surface area contributed by atoms with Crippen LogP contribution in [0.1, 0.15) is 81.5 Å². The molecule has 0 saturated carbocycles. The minimum Gasteiger partial charge on any atom is -0.444 e. The minimum absolute atomic E-state index is 0.0312. The van der Waals surface area contributed by atoms with E-state index in [4.69, 9.17) is 14.9 Å². The van der Waals surface area contributed by atoms with Crippen molar-refractivity contribution in [1.82, 2.24) is 39.1 Å². The molecular formula is C44H48F3N11O8. The number of rotatable bonds is 19. The zero-order chi connectivity index (χ0) is 47.1. The number of aliphatic hydroxyl groups is 1. The second-order valence-electron chi connectivity index (χ2n) is 15.8. The molecule has 2 aromatic carbocycles. The number of nitrogens with one attached hydrogen (secondary N) is 3. The summed E-state index contributed by atoms with van der Waals surface area (Å²) in [6, 6.07) is 14.5. The highest BCUT2D eigenvalue weighted by atomic mass is 19.4. The third-order valence-corrected chi connectivity index (χ3v) is 11.0. The maximum absolute atomic E-state index is 13.2. The van der Waals surface area contributed by atoms with Gasteiger partial charge in [0.05, 0.1) is 34.6 Å². The van der Waals surface area contributed by atoms with Gasteiger partial charge in [0.15, 0.2) is 11.4 Å². The fraction of sp³-hybridized carbons (Fsp3) is 0.364. The van der Waals surface area contributed by atoms with Crippen molar-refractivity contribution in [3.05, 3.63) is 106 Å². The maximum Gasteiger partial charge on any atom is 0.405 e. The molecule has 19 nitrogen and oxygen atoms in total. The Morgan fingerprint density at radius 3 is 2.52 bits per heavy atom. The largest absolute Gasteiger partial charge is 0.444 e. The van der Waals surface area contributed by atoms with Crippen molar-refractivity contribution < 1.29 is 46.6 Å². The van der Waals surface area contributed by atoms with E-state index in [0.29, 0.717) is 42.9 Å². The van der Waals surface area contributed by atoms with Gasteiger partial charge in [-0.25, -0.2) is 19.4 Å². The molecule has 1 aliphatic rings. The van der Waals surface area contributed by atoms with Crippen LogP contribution in [0.3, 0.4) is 0 Å². The van der Waals surface area contributed by atoms with Crippen molar-refractivity contribution in [2.24, 2.45) is 12.8 Å². The zero-order valence-corrected chi connectivity index (χ0v) is 36.0. The number of hydrogen-bond acceptors (Lipinski definition) is 12. The zero-order valence-electron chi connectivity index (χ0n) is 36.0. The van der Waals surface area contributed by atoms with E-state index in [0.717, 1.165) is 49.4 Å². The topological polar surface area (TPSA) is 247 Å². The summed E-state index contributed by atoms with van der Waals surface area (Å²) >= 11 is 0. The van der Waals surface area contributed by atoms with Crippen LogP contribution in [0.2, 0.25) is 0 Å². The number of halogens is 3. The van der Waals surface area contributed by atoms with Gasteiger partial charge in [0, 0.05) is 57.6 Å². The van der Waals surface area contributed by atoms with Gasteiger partial charge in [-0.05, 0) is 92.6 Å².